The molecule has 2 heterocycles. The Bertz CT molecular complexity index is 710. The van der Waals surface area contributed by atoms with Crippen LogP contribution < -0.4 is 5.43 Å². The summed E-state index contributed by atoms with van der Waals surface area (Å²) >= 11 is 0. The van der Waals surface area contributed by atoms with Gasteiger partial charge >= 0.3 is 22.5 Å². The van der Waals surface area contributed by atoms with E-state index in [1.165, 1.54) is 7.05 Å². The number of urea groups is 1. The van der Waals surface area contributed by atoms with Crippen LogP contribution in [-0.2, 0) is 24.2 Å². The molecule has 2 rings (SSSR count). The molecule has 2 bridgehead atoms. The number of hydrogen-bond donors (Lipinski definition) is 2. The number of nitrogens with one attached hydrogen (secondary N) is 1. The smallest absolute Gasteiger partial charge is 0.428 e. The van der Waals surface area contributed by atoms with Gasteiger partial charge in [-0.25, -0.2) is 14.6 Å². The Balaban J connectivity index is 0.00000364. The van der Waals surface area contributed by atoms with Crippen LogP contribution in [0.25, 0.3) is 0 Å². The number of fused-ring (bicyclic) bond motifs is 2. The van der Waals surface area contributed by atoms with E-state index < -0.39 is 46.1 Å². The Kier molecular flexibility index (Phi) is 7.52. The number of hydrogen-bond acceptors (Lipinski definition) is 7. The molecular formula is C13H22N4NaO8S. The largest absolute Gasteiger partial charge is 0.442 e. The summed E-state index contributed by atoms with van der Waals surface area (Å²) in [5.74, 6) is -0.626. The molecule has 2 N–H and O–H groups in total. The number of rotatable bonds is 3. The van der Waals surface area contributed by atoms with Gasteiger partial charge in [0, 0.05) is 43.1 Å². The number of piperidine rings is 1. The number of nitrogens with zero attached hydrogens (tertiary/aromatic N) is 3. The summed E-state index contributed by atoms with van der Waals surface area (Å²) in [6, 6.07) is -2.37. The molecule has 1 radical (unpaired) electrons. The number of hydroxylamine groups is 2. The Morgan fingerprint density at radius 2 is 1.89 bits per heavy atom. The molecule has 149 valence electrons. The van der Waals surface area contributed by atoms with Gasteiger partial charge in [0.25, 0.3) is 5.91 Å². The first-order chi connectivity index (χ1) is 11.8. The van der Waals surface area contributed by atoms with Crippen molar-refractivity contribution in [3.63, 3.8) is 0 Å². The molecule has 2 aliphatic rings. The van der Waals surface area contributed by atoms with Crippen LogP contribution >= 0.6 is 0 Å². The standard InChI is InChI=1S/C13H22N4O8S.Na/c1-13(2,3)24-12(20)15(4)14-10(18)9-6-5-8-7-16(9)11(19)17(8)25-26(21,22)23;/h8-9H,5-7H2,1-4H3,(H,14,18)(H,21,22,23);. The summed E-state index contributed by atoms with van der Waals surface area (Å²) in [7, 11) is -3.55. The van der Waals surface area contributed by atoms with Gasteiger partial charge in [-0.2, -0.15) is 13.5 Å². The normalized spacial score (nSPS) is 22.2. The summed E-state index contributed by atoms with van der Waals surface area (Å²) in [5.41, 5.74) is 1.59. The summed E-state index contributed by atoms with van der Waals surface area (Å²) < 4.78 is 39.9. The third-order valence-electron chi connectivity index (χ3n) is 3.75. The van der Waals surface area contributed by atoms with Crippen molar-refractivity contribution in [2.45, 2.75) is 51.3 Å². The topological polar surface area (TPSA) is 146 Å². The molecule has 0 aromatic heterocycles. The van der Waals surface area contributed by atoms with Gasteiger partial charge in [0.15, 0.2) is 0 Å². The first kappa shape index (κ1) is 23.9. The van der Waals surface area contributed by atoms with Gasteiger partial charge < -0.3 is 9.64 Å². The minimum Gasteiger partial charge on any atom is -0.442 e. The van der Waals surface area contributed by atoms with Gasteiger partial charge in [-0.15, -0.1) is 4.28 Å². The fourth-order valence-electron chi connectivity index (χ4n) is 2.72. The SMILES string of the molecule is CN(NC(=O)C1CCC2CN1C(=O)N2OS(=O)(=O)O)C(=O)OC(C)(C)C.[Na]. The number of ether oxygens (including phenoxy) is 1. The maximum atomic E-state index is 12.4. The molecule has 2 saturated heterocycles. The molecule has 14 heteroatoms. The van der Waals surface area contributed by atoms with Crippen molar-refractivity contribution in [1.82, 2.24) is 20.4 Å². The molecule has 4 amide bonds. The average Bonchev–Trinajstić information content (AvgIpc) is 2.69. The van der Waals surface area contributed by atoms with Crippen LogP contribution in [-0.4, -0.2) is 107 Å². The summed E-state index contributed by atoms with van der Waals surface area (Å²) in [6.45, 7) is 5.08. The van der Waals surface area contributed by atoms with Crippen molar-refractivity contribution < 1.29 is 36.4 Å². The predicted molar refractivity (Wildman–Crippen MR) is 91.3 cm³/mol. The maximum Gasteiger partial charge on any atom is 0.428 e. The van der Waals surface area contributed by atoms with E-state index in [1.807, 2.05) is 0 Å². The zero-order chi connectivity index (χ0) is 19.9. The van der Waals surface area contributed by atoms with Crippen molar-refractivity contribution in [2.75, 3.05) is 13.6 Å². The van der Waals surface area contributed by atoms with E-state index in [2.05, 4.69) is 9.71 Å². The third kappa shape index (κ3) is 6.19. The molecule has 12 nitrogen and oxygen atoms in total. The van der Waals surface area contributed by atoms with Crippen molar-refractivity contribution in [1.29, 1.82) is 0 Å². The Morgan fingerprint density at radius 1 is 1.30 bits per heavy atom. The molecule has 0 aromatic rings. The van der Waals surface area contributed by atoms with Crippen LogP contribution in [0.3, 0.4) is 0 Å². The van der Waals surface area contributed by atoms with Gasteiger partial charge in [-0.05, 0) is 33.6 Å². The zero-order valence-electron chi connectivity index (χ0n) is 15.8. The first-order valence-electron chi connectivity index (χ1n) is 7.82. The van der Waals surface area contributed by atoms with E-state index >= 15 is 0 Å². The third-order valence-corrected chi connectivity index (χ3v) is 4.09. The van der Waals surface area contributed by atoms with Gasteiger partial charge in [-0.3, -0.25) is 14.8 Å². The van der Waals surface area contributed by atoms with Crippen LogP contribution in [0.5, 0.6) is 0 Å². The number of carbonyl (C=O) groups is 3. The Labute approximate surface area is 179 Å². The monoisotopic (exact) mass is 417 g/mol. The van der Waals surface area contributed by atoms with Crippen molar-refractivity contribution in [2.24, 2.45) is 0 Å². The number of amides is 4. The van der Waals surface area contributed by atoms with E-state index in [0.29, 0.717) is 5.06 Å². The number of hydrazine groups is 1. The minimum atomic E-state index is -4.86. The van der Waals surface area contributed by atoms with E-state index in [0.717, 1.165) is 9.91 Å². The van der Waals surface area contributed by atoms with Crippen LogP contribution in [0, 0.1) is 0 Å². The van der Waals surface area contributed by atoms with Gasteiger partial charge in [0.05, 0.1) is 6.04 Å². The maximum absolute atomic E-state index is 12.4. The fraction of sp³-hybridized carbons (Fsp3) is 0.769. The zero-order valence-corrected chi connectivity index (χ0v) is 18.6. The molecule has 2 atom stereocenters. The molecule has 2 aliphatic heterocycles. The van der Waals surface area contributed by atoms with E-state index in [9.17, 15) is 22.8 Å². The van der Waals surface area contributed by atoms with Crippen LogP contribution in [0.1, 0.15) is 33.6 Å². The molecule has 0 aromatic carbocycles. The first-order valence-corrected chi connectivity index (χ1v) is 9.19. The molecule has 0 aliphatic carbocycles. The van der Waals surface area contributed by atoms with E-state index in [4.69, 9.17) is 9.29 Å². The second kappa shape index (κ2) is 8.49. The van der Waals surface area contributed by atoms with Gasteiger partial charge in [-0.1, -0.05) is 0 Å². The van der Waals surface area contributed by atoms with Crippen LogP contribution in [0.4, 0.5) is 9.59 Å². The van der Waals surface area contributed by atoms with Crippen molar-refractivity contribution >= 4 is 58.0 Å². The Morgan fingerprint density at radius 3 is 2.41 bits per heavy atom. The predicted octanol–water partition coefficient (Wildman–Crippen LogP) is -0.493. The second-order valence-electron chi connectivity index (χ2n) is 7.03. The quantitative estimate of drug-likeness (QED) is 0.355. The summed E-state index contributed by atoms with van der Waals surface area (Å²) in [4.78, 5) is 37.7. The van der Waals surface area contributed by atoms with Crippen molar-refractivity contribution in [3.8, 4) is 0 Å². The molecule has 27 heavy (non-hydrogen) atoms. The van der Waals surface area contributed by atoms with Gasteiger partial charge in [0.2, 0.25) is 0 Å². The van der Waals surface area contributed by atoms with Crippen LogP contribution in [0.2, 0.25) is 0 Å². The van der Waals surface area contributed by atoms with E-state index in [-0.39, 0.29) is 48.9 Å². The van der Waals surface area contributed by atoms with Gasteiger partial charge in [0.1, 0.15) is 11.6 Å². The summed E-state index contributed by atoms with van der Waals surface area (Å²) in [5, 5.41) is 1.41. The Hall–Kier alpha value is -1.12. The second-order valence-corrected chi connectivity index (χ2v) is 8.03. The molecule has 0 spiro atoms. The molecule has 2 fully saturated rings. The van der Waals surface area contributed by atoms with E-state index in [1.54, 1.807) is 20.8 Å². The van der Waals surface area contributed by atoms with Crippen molar-refractivity contribution in [3.05, 3.63) is 0 Å². The number of carbonyl (C=O) groups excluding carboxylic acids is 3. The molecule has 0 saturated carbocycles. The molecule has 2 unspecified atom stereocenters. The van der Waals surface area contributed by atoms with Crippen LogP contribution in [0.15, 0.2) is 0 Å². The fourth-order valence-corrected chi connectivity index (χ4v) is 3.11. The average molecular weight is 417 g/mol. The minimum absolute atomic E-state index is 0. The summed E-state index contributed by atoms with van der Waals surface area (Å²) in [6.07, 6.45) is -0.259. The molecular weight excluding hydrogens is 395 g/mol.